The smallest absolute Gasteiger partial charge is 0.248 e. The molecular weight excluding hydrogens is 354 g/mol. The van der Waals surface area contributed by atoms with E-state index in [0.717, 1.165) is 15.6 Å². The minimum Gasteiger partial charge on any atom is -0.366 e. The van der Waals surface area contributed by atoms with E-state index in [1.165, 1.54) is 23.1 Å². The Labute approximate surface area is 153 Å². The average Bonchev–Trinajstić information content (AvgIpc) is 3.10. The van der Waals surface area contributed by atoms with Crippen molar-refractivity contribution in [2.75, 3.05) is 11.1 Å². The number of hydrogen-bond acceptors (Lipinski definition) is 5. The Kier molecular flexibility index (Phi) is 5.47. The van der Waals surface area contributed by atoms with Crippen molar-refractivity contribution in [3.8, 4) is 11.3 Å². The number of primary amides is 1. The molecule has 0 saturated heterocycles. The summed E-state index contributed by atoms with van der Waals surface area (Å²) in [5.41, 5.74) is 8.19. The first-order chi connectivity index (χ1) is 12.1. The molecule has 3 N–H and O–H groups in total. The van der Waals surface area contributed by atoms with Crippen LogP contribution >= 0.6 is 23.1 Å². The van der Waals surface area contributed by atoms with Crippen molar-refractivity contribution in [3.63, 3.8) is 0 Å². The summed E-state index contributed by atoms with van der Waals surface area (Å²) in [7, 11) is 0. The maximum absolute atomic E-state index is 12.0. The topological polar surface area (TPSA) is 85.1 Å². The Hall–Kier alpha value is -2.64. The van der Waals surface area contributed by atoms with Gasteiger partial charge in [0.25, 0.3) is 0 Å². The number of carbonyl (C=O) groups excluding carboxylic acids is 2. The summed E-state index contributed by atoms with van der Waals surface area (Å²) in [6.07, 6.45) is 0. The van der Waals surface area contributed by atoms with Gasteiger partial charge < -0.3 is 11.1 Å². The van der Waals surface area contributed by atoms with E-state index < -0.39 is 5.91 Å². The maximum Gasteiger partial charge on any atom is 0.248 e. The number of benzene rings is 2. The summed E-state index contributed by atoms with van der Waals surface area (Å²) in [5, 5.41) is 4.77. The number of rotatable bonds is 6. The third kappa shape index (κ3) is 4.68. The predicted molar refractivity (Wildman–Crippen MR) is 102 cm³/mol. The number of aromatic nitrogens is 1. The molecule has 1 aromatic heterocycles. The molecule has 2 aromatic carbocycles. The van der Waals surface area contributed by atoms with E-state index >= 15 is 0 Å². The van der Waals surface area contributed by atoms with Crippen LogP contribution in [0.1, 0.15) is 10.4 Å². The van der Waals surface area contributed by atoms with Crippen molar-refractivity contribution in [1.29, 1.82) is 0 Å². The van der Waals surface area contributed by atoms with Crippen molar-refractivity contribution in [2.24, 2.45) is 5.73 Å². The normalized spacial score (nSPS) is 10.4. The number of thioether (sulfide) groups is 1. The lowest BCUT2D eigenvalue weighted by Gasteiger charge is -2.04. The quantitative estimate of drug-likeness (QED) is 0.650. The van der Waals surface area contributed by atoms with Crippen molar-refractivity contribution < 1.29 is 9.59 Å². The maximum atomic E-state index is 12.0. The first-order valence-corrected chi connectivity index (χ1v) is 9.32. The SMILES string of the molecule is NC(=O)c1ccc(NC(=O)CSc2nc(-c3ccccc3)cs2)cc1. The molecule has 0 bridgehead atoms. The number of nitrogens with two attached hydrogens (primary N) is 1. The summed E-state index contributed by atoms with van der Waals surface area (Å²) in [4.78, 5) is 27.6. The lowest BCUT2D eigenvalue weighted by atomic mass is 10.2. The van der Waals surface area contributed by atoms with Gasteiger partial charge >= 0.3 is 0 Å². The summed E-state index contributed by atoms with van der Waals surface area (Å²) in [5.74, 6) is -0.362. The third-order valence-corrected chi connectivity index (χ3v) is 5.35. The zero-order valence-corrected chi connectivity index (χ0v) is 14.8. The average molecular weight is 369 g/mol. The first kappa shape index (κ1) is 17.2. The number of thiazole rings is 1. The van der Waals surface area contributed by atoms with Gasteiger partial charge in [-0.15, -0.1) is 11.3 Å². The van der Waals surface area contributed by atoms with Crippen LogP contribution in [0.5, 0.6) is 0 Å². The fourth-order valence-corrected chi connectivity index (χ4v) is 3.74. The molecule has 0 unspecified atom stereocenters. The predicted octanol–water partition coefficient (Wildman–Crippen LogP) is 3.64. The number of nitrogens with one attached hydrogen (secondary N) is 1. The van der Waals surface area contributed by atoms with Gasteiger partial charge in [-0.2, -0.15) is 0 Å². The zero-order chi connectivity index (χ0) is 17.6. The van der Waals surface area contributed by atoms with Gasteiger partial charge in [-0.05, 0) is 24.3 Å². The number of anilines is 1. The molecular formula is C18H15N3O2S2. The Morgan fingerprint density at radius 2 is 1.80 bits per heavy atom. The number of amides is 2. The molecule has 0 aliphatic rings. The van der Waals surface area contributed by atoms with Gasteiger partial charge in [0.05, 0.1) is 11.4 Å². The number of nitrogens with zero attached hydrogens (tertiary/aromatic N) is 1. The zero-order valence-electron chi connectivity index (χ0n) is 13.1. The first-order valence-electron chi connectivity index (χ1n) is 7.45. The van der Waals surface area contributed by atoms with Gasteiger partial charge in [0.2, 0.25) is 11.8 Å². The van der Waals surface area contributed by atoms with Crippen LogP contribution in [-0.2, 0) is 4.79 Å². The molecule has 25 heavy (non-hydrogen) atoms. The highest BCUT2D eigenvalue weighted by molar-refractivity contribution is 8.01. The van der Waals surface area contributed by atoms with E-state index in [1.807, 2.05) is 35.7 Å². The fraction of sp³-hybridized carbons (Fsp3) is 0.0556. The van der Waals surface area contributed by atoms with Gasteiger partial charge in [0.15, 0.2) is 4.34 Å². The molecule has 0 saturated carbocycles. The summed E-state index contributed by atoms with van der Waals surface area (Å²) < 4.78 is 0.845. The highest BCUT2D eigenvalue weighted by atomic mass is 32.2. The summed E-state index contributed by atoms with van der Waals surface area (Å²) in [6.45, 7) is 0. The van der Waals surface area contributed by atoms with Crippen LogP contribution in [0.4, 0.5) is 5.69 Å². The lowest BCUT2D eigenvalue weighted by molar-refractivity contribution is -0.113. The molecule has 2 amide bonds. The van der Waals surface area contributed by atoms with Crippen molar-refractivity contribution >= 4 is 40.6 Å². The highest BCUT2D eigenvalue weighted by Gasteiger charge is 2.09. The molecule has 0 spiro atoms. The van der Waals surface area contributed by atoms with Crippen LogP contribution in [0, 0.1) is 0 Å². The molecule has 0 aliphatic heterocycles. The molecule has 0 atom stereocenters. The van der Waals surface area contributed by atoms with Gasteiger partial charge in [0.1, 0.15) is 0 Å². The minimum absolute atomic E-state index is 0.131. The van der Waals surface area contributed by atoms with Gasteiger partial charge in [0, 0.05) is 22.2 Å². The molecule has 0 aliphatic carbocycles. The van der Waals surface area contributed by atoms with E-state index in [0.29, 0.717) is 11.3 Å². The summed E-state index contributed by atoms with van der Waals surface area (Å²) in [6, 6.07) is 16.4. The molecule has 3 rings (SSSR count). The second-order valence-electron chi connectivity index (χ2n) is 5.14. The standard InChI is InChI=1S/C18H15N3O2S2/c19-17(23)13-6-8-14(9-7-13)20-16(22)11-25-18-21-15(10-24-18)12-4-2-1-3-5-12/h1-10H,11H2,(H2,19,23)(H,20,22). The van der Waals surface area contributed by atoms with Crippen LogP contribution in [0.15, 0.2) is 64.3 Å². The van der Waals surface area contributed by atoms with Crippen LogP contribution < -0.4 is 11.1 Å². The van der Waals surface area contributed by atoms with Gasteiger partial charge in [-0.3, -0.25) is 9.59 Å². The highest BCUT2D eigenvalue weighted by Crippen LogP contribution is 2.28. The van der Waals surface area contributed by atoms with E-state index in [1.54, 1.807) is 24.3 Å². The largest absolute Gasteiger partial charge is 0.366 e. The Balaban J connectivity index is 1.54. The molecule has 126 valence electrons. The molecule has 7 heteroatoms. The van der Waals surface area contributed by atoms with Crippen LogP contribution in [0.25, 0.3) is 11.3 Å². The van der Waals surface area contributed by atoms with Crippen LogP contribution in [-0.4, -0.2) is 22.6 Å². The second kappa shape index (κ2) is 7.96. The van der Waals surface area contributed by atoms with Crippen LogP contribution in [0.3, 0.4) is 0 Å². The molecule has 0 radical (unpaired) electrons. The molecule has 1 heterocycles. The van der Waals surface area contributed by atoms with Crippen molar-refractivity contribution in [3.05, 3.63) is 65.5 Å². The van der Waals surface area contributed by atoms with Gasteiger partial charge in [-0.25, -0.2) is 4.98 Å². The Morgan fingerprint density at radius 3 is 2.48 bits per heavy atom. The third-order valence-electron chi connectivity index (χ3n) is 3.33. The molecule has 5 nitrogen and oxygen atoms in total. The number of carbonyl (C=O) groups is 2. The molecule has 0 fully saturated rings. The van der Waals surface area contributed by atoms with Gasteiger partial charge in [-0.1, -0.05) is 42.1 Å². The summed E-state index contributed by atoms with van der Waals surface area (Å²) >= 11 is 2.91. The molecule has 3 aromatic rings. The second-order valence-corrected chi connectivity index (χ2v) is 7.22. The monoisotopic (exact) mass is 369 g/mol. The van der Waals surface area contributed by atoms with E-state index in [-0.39, 0.29) is 11.7 Å². The number of hydrogen-bond donors (Lipinski definition) is 2. The Morgan fingerprint density at radius 1 is 1.08 bits per heavy atom. The lowest BCUT2D eigenvalue weighted by Crippen LogP contribution is -2.14. The van der Waals surface area contributed by atoms with E-state index in [9.17, 15) is 9.59 Å². The van der Waals surface area contributed by atoms with E-state index in [4.69, 9.17) is 5.73 Å². The Bertz CT molecular complexity index is 877. The van der Waals surface area contributed by atoms with Crippen LogP contribution in [0.2, 0.25) is 0 Å². The van der Waals surface area contributed by atoms with Crippen molar-refractivity contribution in [2.45, 2.75) is 4.34 Å². The fourth-order valence-electron chi connectivity index (χ4n) is 2.11. The minimum atomic E-state index is -0.494. The van der Waals surface area contributed by atoms with Crippen molar-refractivity contribution in [1.82, 2.24) is 4.98 Å². The van der Waals surface area contributed by atoms with E-state index in [2.05, 4.69) is 10.3 Å².